The molecule has 0 saturated carbocycles. The number of nitrogens with two attached hydrogens (primary N) is 1. The van der Waals surface area contributed by atoms with E-state index in [9.17, 15) is 19.7 Å². The van der Waals surface area contributed by atoms with Gasteiger partial charge in [-0.1, -0.05) is 6.07 Å². The van der Waals surface area contributed by atoms with Gasteiger partial charge < -0.3 is 15.8 Å². The Balaban J connectivity index is 1.69. The lowest BCUT2D eigenvalue weighted by Gasteiger charge is -2.11. The first kappa shape index (κ1) is 17.9. The summed E-state index contributed by atoms with van der Waals surface area (Å²) in [5, 5.41) is 13.9. The molecule has 1 aromatic carbocycles. The number of benzene rings is 1. The Kier molecular flexibility index (Phi) is 5.17. The quantitative estimate of drug-likeness (QED) is 0.593. The van der Waals surface area contributed by atoms with Gasteiger partial charge in [-0.25, -0.2) is 0 Å². The van der Waals surface area contributed by atoms with Gasteiger partial charge in [0.25, 0.3) is 17.5 Å². The molecule has 0 saturated heterocycles. The maximum Gasteiger partial charge on any atom is 0.273 e. The highest BCUT2D eigenvalue weighted by atomic mass is 32.1. The van der Waals surface area contributed by atoms with E-state index in [2.05, 4.69) is 5.32 Å². The van der Waals surface area contributed by atoms with Crippen LogP contribution >= 0.6 is 11.3 Å². The molecule has 0 fully saturated rings. The number of anilines is 1. The van der Waals surface area contributed by atoms with E-state index in [0.717, 1.165) is 36.1 Å². The van der Waals surface area contributed by atoms with Crippen LogP contribution in [0.5, 0.6) is 5.75 Å². The topological polar surface area (TPSA) is 125 Å². The predicted octanol–water partition coefficient (Wildman–Crippen LogP) is 2.65. The summed E-state index contributed by atoms with van der Waals surface area (Å²) in [6.45, 7) is -0.331. The summed E-state index contributed by atoms with van der Waals surface area (Å²) in [6, 6.07) is 5.58. The van der Waals surface area contributed by atoms with Crippen LogP contribution in [0, 0.1) is 10.1 Å². The lowest BCUT2D eigenvalue weighted by Crippen LogP contribution is -2.22. The number of aryl methyl sites for hydroxylation is 1. The van der Waals surface area contributed by atoms with Crippen LogP contribution in [0.25, 0.3) is 0 Å². The van der Waals surface area contributed by atoms with E-state index < -0.39 is 16.7 Å². The number of primary amides is 1. The summed E-state index contributed by atoms with van der Waals surface area (Å²) in [5.41, 5.74) is 6.69. The van der Waals surface area contributed by atoms with Crippen LogP contribution in [-0.2, 0) is 17.6 Å². The number of nitro benzene ring substituents is 1. The number of nitro groups is 1. The van der Waals surface area contributed by atoms with E-state index >= 15 is 0 Å². The van der Waals surface area contributed by atoms with Crippen molar-refractivity contribution in [1.82, 2.24) is 0 Å². The van der Waals surface area contributed by atoms with Crippen molar-refractivity contribution in [1.29, 1.82) is 0 Å². The first-order chi connectivity index (χ1) is 12.5. The number of hydrogen-bond acceptors (Lipinski definition) is 6. The third-order valence-corrected chi connectivity index (χ3v) is 5.28. The average molecular weight is 375 g/mol. The highest BCUT2D eigenvalue weighted by Crippen LogP contribution is 2.37. The zero-order valence-corrected chi connectivity index (χ0v) is 14.6. The Morgan fingerprint density at radius 2 is 2.08 bits per heavy atom. The number of hydrogen-bond donors (Lipinski definition) is 2. The molecular formula is C17H17N3O5S. The Hall–Kier alpha value is -2.94. The molecule has 0 atom stereocenters. The summed E-state index contributed by atoms with van der Waals surface area (Å²) in [4.78, 5) is 35.3. The van der Waals surface area contributed by atoms with Gasteiger partial charge >= 0.3 is 0 Å². The fraction of sp³-hybridized carbons (Fsp3) is 0.294. The summed E-state index contributed by atoms with van der Waals surface area (Å²) in [6.07, 6.45) is 3.70. The van der Waals surface area contributed by atoms with Gasteiger partial charge in [-0.2, -0.15) is 0 Å². The van der Waals surface area contributed by atoms with E-state index in [1.807, 2.05) is 0 Å². The summed E-state index contributed by atoms with van der Waals surface area (Å²) in [7, 11) is 0. The van der Waals surface area contributed by atoms with Crippen LogP contribution in [0.15, 0.2) is 24.3 Å². The van der Waals surface area contributed by atoms with Crippen molar-refractivity contribution in [3.63, 3.8) is 0 Å². The standard InChI is InChI=1S/C17H17N3O5S/c18-16(22)15-12-6-1-2-7-13(12)26-17(15)19-14(21)9-25-11-5-3-4-10(8-11)20(23)24/h3-5,8H,1-2,6-7,9H2,(H2,18,22)(H,19,21). The molecule has 136 valence electrons. The maximum atomic E-state index is 12.2. The lowest BCUT2D eigenvalue weighted by molar-refractivity contribution is -0.384. The van der Waals surface area contributed by atoms with E-state index in [4.69, 9.17) is 10.5 Å². The van der Waals surface area contributed by atoms with Crippen molar-refractivity contribution in [2.45, 2.75) is 25.7 Å². The molecule has 2 aromatic rings. The highest BCUT2D eigenvalue weighted by molar-refractivity contribution is 7.17. The van der Waals surface area contributed by atoms with Crippen molar-refractivity contribution < 1.29 is 19.2 Å². The number of ether oxygens (including phenoxy) is 1. The van der Waals surface area contributed by atoms with Crippen molar-refractivity contribution >= 4 is 33.8 Å². The number of fused-ring (bicyclic) bond motifs is 1. The Bertz CT molecular complexity index is 877. The molecule has 0 spiro atoms. The zero-order valence-electron chi connectivity index (χ0n) is 13.8. The van der Waals surface area contributed by atoms with E-state index in [1.54, 1.807) is 0 Å². The van der Waals surface area contributed by atoms with Gasteiger partial charge in [0, 0.05) is 10.9 Å². The monoisotopic (exact) mass is 375 g/mol. The minimum atomic E-state index is -0.556. The molecule has 8 nitrogen and oxygen atoms in total. The SMILES string of the molecule is NC(=O)c1c(NC(=O)COc2cccc([N+](=O)[O-])c2)sc2c1CCCC2. The first-order valence-corrected chi connectivity index (χ1v) is 8.89. The molecule has 0 aliphatic heterocycles. The van der Waals surface area contributed by atoms with Crippen LogP contribution in [0.3, 0.4) is 0 Å². The average Bonchev–Trinajstić information content (AvgIpc) is 2.98. The number of nitrogens with one attached hydrogen (secondary N) is 1. The molecule has 9 heteroatoms. The van der Waals surface area contributed by atoms with E-state index in [0.29, 0.717) is 10.6 Å². The van der Waals surface area contributed by atoms with E-state index in [-0.39, 0.29) is 18.0 Å². The molecule has 0 radical (unpaired) electrons. The molecule has 3 rings (SSSR count). The number of nitrogens with zero attached hydrogens (tertiary/aromatic N) is 1. The molecule has 0 bridgehead atoms. The molecule has 0 unspecified atom stereocenters. The lowest BCUT2D eigenvalue weighted by atomic mass is 9.95. The summed E-state index contributed by atoms with van der Waals surface area (Å²) < 4.78 is 5.31. The first-order valence-electron chi connectivity index (χ1n) is 8.07. The van der Waals surface area contributed by atoms with Crippen molar-refractivity contribution in [3.05, 3.63) is 50.4 Å². The second-order valence-corrected chi connectivity index (χ2v) is 6.98. The molecule has 2 amide bonds. The summed E-state index contributed by atoms with van der Waals surface area (Å²) in [5.74, 6) is -0.799. The fourth-order valence-corrected chi connectivity index (χ4v) is 4.22. The molecular weight excluding hydrogens is 358 g/mol. The van der Waals surface area contributed by atoms with Gasteiger partial charge in [0.1, 0.15) is 10.8 Å². The third-order valence-electron chi connectivity index (χ3n) is 4.07. The van der Waals surface area contributed by atoms with E-state index in [1.165, 1.54) is 35.6 Å². The van der Waals surface area contributed by atoms with Crippen LogP contribution in [-0.4, -0.2) is 23.3 Å². The van der Waals surface area contributed by atoms with Crippen LogP contribution < -0.4 is 15.8 Å². The van der Waals surface area contributed by atoms with Crippen LogP contribution in [0.1, 0.15) is 33.6 Å². The number of carbonyl (C=O) groups excluding carboxylic acids is 2. The van der Waals surface area contributed by atoms with Gasteiger partial charge in [0.2, 0.25) is 0 Å². The van der Waals surface area contributed by atoms with Crippen LogP contribution in [0.2, 0.25) is 0 Å². The third kappa shape index (κ3) is 3.83. The Morgan fingerprint density at radius 3 is 2.81 bits per heavy atom. The van der Waals surface area contributed by atoms with Gasteiger partial charge in [-0.3, -0.25) is 19.7 Å². The molecule has 1 aliphatic rings. The van der Waals surface area contributed by atoms with Gasteiger partial charge in [0.05, 0.1) is 16.6 Å². The number of amides is 2. The molecule has 1 aliphatic carbocycles. The normalized spacial score (nSPS) is 12.9. The van der Waals surface area contributed by atoms with Crippen molar-refractivity contribution in [3.8, 4) is 5.75 Å². The second-order valence-electron chi connectivity index (χ2n) is 5.87. The molecule has 1 heterocycles. The number of carbonyl (C=O) groups is 2. The molecule has 3 N–H and O–H groups in total. The fourth-order valence-electron chi connectivity index (χ4n) is 2.91. The maximum absolute atomic E-state index is 12.2. The van der Waals surface area contributed by atoms with Crippen molar-refractivity contribution in [2.24, 2.45) is 5.73 Å². The summed E-state index contributed by atoms with van der Waals surface area (Å²) >= 11 is 1.37. The van der Waals surface area contributed by atoms with Gasteiger partial charge in [0.15, 0.2) is 6.61 Å². The second kappa shape index (κ2) is 7.52. The van der Waals surface area contributed by atoms with Crippen molar-refractivity contribution in [2.75, 3.05) is 11.9 Å². The molecule has 26 heavy (non-hydrogen) atoms. The zero-order chi connectivity index (χ0) is 18.7. The Morgan fingerprint density at radius 1 is 1.31 bits per heavy atom. The highest BCUT2D eigenvalue weighted by Gasteiger charge is 2.25. The largest absolute Gasteiger partial charge is 0.484 e. The molecule has 1 aromatic heterocycles. The Labute approximate surface area is 153 Å². The number of rotatable bonds is 6. The smallest absolute Gasteiger partial charge is 0.273 e. The number of thiophene rings is 1. The van der Waals surface area contributed by atoms with Gasteiger partial charge in [-0.15, -0.1) is 11.3 Å². The number of non-ortho nitro benzene ring substituents is 1. The van der Waals surface area contributed by atoms with Crippen LogP contribution in [0.4, 0.5) is 10.7 Å². The minimum Gasteiger partial charge on any atom is -0.484 e. The van der Waals surface area contributed by atoms with Gasteiger partial charge in [-0.05, 0) is 37.3 Å². The minimum absolute atomic E-state index is 0.121. The predicted molar refractivity (Wildman–Crippen MR) is 96.7 cm³/mol.